The Morgan fingerprint density at radius 2 is 2.10 bits per heavy atom. The molecular weight excluding hydrogens is 360 g/mol. The molecule has 1 aromatic rings. The van der Waals surface area contributed by atoms with Crippen molar-refractivity contribution in [3.05, 3.63) is 28.2 Å². The largest absolute Gasteiger partial charge is 0.455 e. The van der Waals surface area contributed by atoms with Crippen LogP contribution in [-0.4, -0.2) is 36.7 Å². The summed E-state index contributed by atoms with van der Waals surface area (Å²) in [5.41, 5.74) is 5.91. The first-order chi connectivity index (χ1) is 9.88. The fraction of sp³-hybridized carbons (Fsp3) is 0.308. The van der Waals surface area contributed by atoms with Gasteiger partial charge >= 0.3 is 5.97 Å². The van der Waals surface area contributed by atoms with E-state index in [0.29, 0.717) is 0 Å². The Balaban J connectivity index is 2.31. The Morgan fingerprint density at radius 3 is 2.71 bits per heavy atom. The number of aryl methyl sites for hydroxylation is 1. The number of halogens is 1. The smallest absolute Gasteiger partial charge is 0.316 e. The number of carbonyl (C=O) groups is 3. The summed E-state index contributed by atoms with van der Waals surface area (Å²) in [7, 11) is 0. The second-order valence-corrected chi connectivity index (χ2v) is 6.04. The molecule has 0 saturated heterocycles. The van der Waals surface area contributed by atoms with E-state index in [4.69, 9.17) is 10.5 Å². The summed E-state index contributed by atoms with van der Waals surface area (Å²) in [5.74, 6) is -1.62. The van der Waals surface area contributed by atoms with E-state index in [1.165, 1.54) is 11.8 Å². The van der Waals surface area contributed by atoms with Crippen molar-refractivity contribution >= 4 is 45.5 Å². The number of ether oxygens (including phenoxy) is 1. The van der Waals surface area contributed by atoms with Crippen LogP contribution in [0.15, 0.2) is 27.6 Å². The summed E-state index contributed by atoms with van der Waals surface area (Å²) in [4.78, 5) is 34.1. The van der Waals surface area contributed by atoms with Gasteiger partial charge in [-0.3, -0.25) is 14.4 Å². The van der Waals surface area contributed by atoms with E-state index < -0.39 is 24.4 Å². The third-order valence-electron chi connectivity index (χ3n) is 2.31. The standard InChI is InChI=1S/C13H15BrN2O4S/c1-8-4-9(14)2-3-10(8)21-7-13(19)20-6-12(18)16-5-11(15)17/h2-4H,5-7H2,1H3,(H2,15,17)(H,16,18). The molecule has 21 heavy (non-hydrogen) atoms. The van der Waals surface area contributed by atoms with E-state index in [9.17, 15) is 14.4 Å². The summed E-state index contributed by atoms with van der Waals surface area (Å²) in [6.45, 7) is 1.24. The molecule has 114 valence electrons. The zero-order valence-electron chi connectivity index (χ0n) is 11.3. The van der Waals surface area contributed by atoms with Crippen molar-refractivity contribution in [2.75, 3.05) is 18.9 Å². The summed E-state index contributed by atoms with van der Waals surface area (Å²) >= 11 is 4.70. The third kappa shape index (κ3) is 7.14. The van der Waals surface area contributed by atoms with Gasteiger partial charge in [-0.05, 0) is 30.7 Å². The number of esters is 1. The molecule has 0 heterocycles. The molecule has 8 heteroatoms. The first-order valence-electron chi connectivity index (χ1n) is 5.98. The van der Waals surface area contributed by atoms with E-state index in [1.54, 1.807) is 0 Å². The highest BCUT2D eigenvalue weighted by molar-refractivity contribution is 9.10. The van der Waals surface area contributed by atoms with Crippen molar-refractivity contribution in [1.29, 1.82) is 0 Å². The van der Waals surface area contributed by atoms with Crippen LogP contribution in [0.4, 0.5) is 0 Å². The van der Waals surface area contributed by atoms with Crippen LogP contribution in [0.1, 0.15) is 5.56 Å². The molecule has 1 rings (SSSR count). The van der Waals surface area contributed by atoms with Crippen molar-refractivity contribution < 1.29 is 19.1 Å². The number of primary amides is 1. The lowest BCUT2D eigenvalue weighted by Crippen LogP contribution is -2.36. The minimum absolute atomic E-state index is 0.103. The van der Waals surface area contributed by atoms with Crippen LogP contribution in [0.25, 0.3) is 0 Å². The molecule has 1 aromatic carbocycles. The van der Waals surface area contributed by atoms with Gasteiger partial charge < -0.3 is 15.8 Å². The lowest BCUT2D eigenvalue weighted by atomic mass is 10.2. The van der Waals surface area contributed by atoms with Gasteiger partial charge in [0.1, 0.15) is 0 Å². The van der Waals surface area contributed by atoms with Gasteiger partial charge in [-0.1, -0.05) is 15.9 Å². The lowest BCUT2D eigenvalue weighted by Gasteiger charge is -2.07. The minimum atomic E-state index is -0.657. The van der Waals surface area contributed by atoms with Crippen LogP contribution in [0, 0.1) is 6.92 Å². The molecule has 0 saturated carbocycles. The molecular formula is C13H15BrN2O4S. The number of hydrogen-bond donors (Lipinski definition) is 2. The van der Waals surface area contributed by atoms with Crippen molar-refractivity contribution in [2.45, 2.75) is 11.8 Å². The molecule has 0 radical (unpaired) electrons. The van der Waals surface area contributed by atoms with E-state index in [2.05, 4.69) is 21.2 Å². The SMILES string of the molecule is Cc1cc(Br)ccc1SCC(=O)OCC(=O)NCC(N)=O. The normalized spacial score (nSPS) is 10.0. The monoisotopic (exact) mass is 374 g/mol. The molecule has 2 amide bonds. The molecule has 0 aromatic heterocycles. The maximum Gasteiger partial charge on any atom is 0.316 e. The molecule has 0 aliphatic heterocycles. The van der Waals surface area contributed by atoms with Gasteiger partial charge in [0.05, 0.1) is 12.3 Å². The number of carbonyl (C=O) groups excluding carboxylic acids is 3. The van der Waals surface area contributed by atoms with Crippen molar-refractivity contribution in [3.8, 4) is 0 Å². The molecule has 0 aliphatic rings. The average Bonchev–Trinajstić information content (AvgIpc) is 2.41. The molecule has 0 fully saturated rings. The highest BCUT2D eigenvalue weighted by Gasteiger charge is 2.09. The van der Waals surface area contributed by atoms with Crippen molar-refractivity contribution in [3.63, 3.8) is 0 Å². The molecule has 0 spiro atoms. The second kappa shape index (κ2) is 8.68. The van der Waals surface area contributed by atoms with Crippen LogP contribution < -0.4 is 11.1 Å². The van der Waals surface area contributed by atoms with Crippen molar-refractivity contribution in [2.24, 2.45) is 5.73 Å². The second-order valence-electron chi connectivity index (χ2n) is 4.10. The summed E-state index contributed by atoms with van der Waals surface area (Å²) in [5, 5.41) is 2.22. The predicted octanol–water partition coefficient (Wildman–Crippen LogP) is 0.994. The highest BCUT2D eigenvalue weighted by atomic mass is 79.9. The number of hydrogen-bond acceptors (Lipinski definition) is 5. The average molecular weight is 375 g/mol. The Bertz CT molecular complexity index is 551. The van der Waals surface area contributed by atoms with E-state index in [-0.39, 0.29) is 12.3 Å². The van der Waals surface area contributed by atoms with Crippen LogP contribution in [0.5, 0.6) is 0 Å². The van der Waals surface area contributed by atoms with Gasteiger partial charge in [0.25, 0.3) is 5.91 Å². The first kappa shape index (κ1) is 17.5. The fourth-order valence-corrected chi connectivity index (χ4v) is 2.62. The van der Waals surface area contributed by atoms with Gasteiger partial charge in [-0.25, -0.2) is 0 Å². The lowest BCUT2D eigenvalue weighted by molar-refractivity contribution is -0.146. The Labute approximate surface area is 134 Å². The number of benzene rings is 1. The number of amides is 2. The van der Waals surface area contributed by atoms with Gasteiger partial charge in [0, 0.05) is 9.37 Å². The molecule has 0 aliphatic carbocycles. The molecule has 0 atom stereocenters. The van der Waals surface area contributed by atoms with Crippen LogP contribution in [0.2, 0.25) is 0 Å². The van der Waals surface area contributed by atoms with Crippen LogP contribution in [0.3, 0.4) is 0 Å². The van der Waals surface area contributed by atoms with Gasteiger partial charge in [0.15, 0.2) is 6.61 Å². The topological polar surface area (TPSA) is 98.5 Å². The number of thioether (sulfide) groups is 1. The predicted molar refractivity (Wildman–Crippen MR) is 82.8 cm³/mol. The highest BCUT2D eigenvalue weighted by Crippen LogP contribution is 2.25. The number of nitrogens with one attached hydrogen (secondary N) is 1. The zero-order valence-corrected chi connectivity index (χ0v) is 13.8. The minimum Gasteiger partial charge on any atom is -0.455 e. The zero-order chi connectivity index (χ0) is 15.8. The van der Waals surface area contributed by atoms with E-state index in [0.717, 1.165) is 14.9 Å². The summed E-state index contributed by atoms with van der Waals surface area (Å²) in [6, 6.07) is 5.74. The quantitative estimate of drug-likeness (QED) is 0.547. The summed E-state index contributed by atoms with van der Waals surface area (Å²) in [6.07, 6.45) is 0. The third-order valence-corrected chi connectivity index (χ3v) is 3.95. The molecule has 0 unspecified atom stereocenters. The van der Waals surface area contributed by atoms with Crippen LogP contribution >= 0.6 is 27.7 Å². The van der Waals surface area contributed by atoms with E-state index in [1.807, 2.05) is 25.1 Å². The van der Waals surface area contributed by atoms with Gasteiger partial charge in [-0.2, -0.15) is 0 Å². The molecule has 3 N–H and O–H groups in total. The van der Waals surface area contributed by atoms with Crippen LogP contribution in [-0.2, 0) is 19.1 Å². The van der Waals surface area contributed by atoms with Gasteiger partial charge in [-0.15, -0.1) is 11.8 Å². The number of rotatable bonds is 7. The fourth-order valence-electron chi connectivity index (χ4n) is 1.34. The molecule has 6 nitrogen and oxygen atoms in total. The Morgan fingerprint density at radius 1 is 1.38 bits per heavy atom. The van der Waals surface area contributed by atoms with Gasteiger partial charge in [0.2, 0.25) is 5.91 Å². The molecule has 0 bridgehead atoms. The summed E-state index contributed by atoms with van der Waals surface area (Å²) < 4.78 is 5.76. The maximum absolute atomic E-state index is 11.5. The van der Waals surface area contributed by atoms with E-state index >= 15 is 0 Å². The first-order valence-corrected chi connectivity index (χ1v) is 7.76. The van der Waals surface area contributed by atoms with Crippen molar-refractivity contribution in [1.82, 2.24) is 5.32 Å². The Hall–Kier alpha value is -1.54. The number of nitrogens with two attached hydrogens (primary N) is 1. The maximum atomic E-state index is 11.5. The Kier molecular flexibility index (Phi) is 7.24.